The highest BCUT2D eigenvalue weighted by Crippen LogP contribution is 2.36. The molecular weight excluding hydrogens is 216 g/mol. The average molecular weight is 230 g/mol. The van der Waals surface area contributed by atoms with Crippen molar-refractivity contribution in [3.05, 3.63) is 36.5 Å². The highest BCUT2D eigenvalue weighted by atomic mass is 16.5. The van der Waals surface area contributed by atoms with Crippen molar-refractivity contribution in [2.45, 2.75) is 0 Å². The molecule has 4 heteroatoms. The molecule has 2 aromatic rings. The summed E-state index contributed by atoms with van der Waals surface area (Å²) in [5.74, 6) is 1.89. The van der Waals surface area contributed by atoms with Crippen molar-refractivity contribution in [2.75, 3.05) is 20.0 Å². The number of hydrogen-bond acceptors (Lipinski definition) is 4. The zero-order chi connectivity index (χ0) is 12.3. The number of aromatic nitrogens is 1. The van der Waals surface area contributed by atoms with Gasteiger partial charge in [-0.3, -0.25) is 0 Å². The van der Waals surface area contributed by atoms with Crippen LogP contribution < -0.4 is 15.2 Å². The van der Waals surface area contributed by atoms with Crippen molar-refractivity contribution >= 4 is 5.82 Å². The largest absolute Gasteiger partial charge is 0.496 e. The minimum absolute atomic E-state index is 0.431. The zero-order valence-electron chi connectivity index (χ0n) is 9.81. The lowest BCUT2D eigenvalue weighted by molar-refractivity contribution is 0.410. The van der Waals surface area contributed by atoms with Gasteiger partial charge in [-0.1, -0.05) is 18.2 Å². The van der Waals surface area contributed by atoms with Crippen molar-refractivity contribution in [1.82, 2.24) is 4.98 Å². The van der Waals surface area contributed by atoms with Crippen LogP contribution in [0.3, 0.4) is 0 Å². The smallest absolute Gasteiger partial charge is 0.132 e. The Hall–Kier alpha value is -2.23. The van der Waals surface area contributed by atoms with E-state index < -0.39 is 0 Å². The van der Waals surface area contributed by atoms with Crippen LogP contribution >= 0.6 is 0 Å². The Balaban J connectivity index is 2.59. The van der Waals surface area contributed by atoms with Crippen LogP contribution in [-0.2, 0) is 0 Å². The molecule has 1 aromatic heterocycles. The van der Waals surface area contributed by atoms with Gasteiger partial charge in [-0.15, -0.1) is 0 Å². The summed E-state index contributed by atoms with van der Waals surface area (Å²) in [4.78, 5) is 4.08. The van der Waals surface area contributed by atoms with Crippen LogP contribution in [0.15, 0.2) is 36.5 Å². The molecule has 1 heterocycles. The number of pyridine rings is 1. The van der Waals surface area contributed by atoms with E-state index in [0.29, 0.717) is 11.6 Å². The molecule has 1 aromatic carbocycles. The summed E-state index contributed by atoms with van der Waals surface area (Å²) >= 11 is 0. The molecular formula is C13H14N2O2. The SMILES string of the molecule is COc1ccccc1-c1cnc(N)cc1OC. The fourth-order valence-corrected chi connectivity index (χ4v) is 1.69. The first-order valence-electron chi connectivity index (χ1n) is 5.19. The quantitative estimate of drug-likeness (QED) is 0.879. The molecule has 0 aliphatic rings. The minimum Gasteiger partial charge on any atom is -0.496 e. The molecule has 2 N–H and O–H groups in total. The van der Waals surface area contributed by atoms with Crippen molar-refractivity contribution in [3.8, 4) is 22.6 Å². The second-order valence-corrected chi connectivity index (χ2v) is 3.51. The third kappa shape index (κ3) is 2.15. The number of nitrogens with zero attached hydrogens (tertiary/aromatic N) is 1. The Kier molecular flexibility index (Phi) is 3.14. The van der Waals surface area contributed by atoms with Gasteiger partial charge in [-0.2, -0.15) is 0 Å². The van der Waals surface area contributed by atoms with Crippen LogP contribution in [0, 0.1) is 0 Å². The first-order valence-corrected chi connectivity index (χ1v) is 5.19. The van der Waals surface area contributed by atoms with Gasteiger partial charge < -0.3 is 15.2 Å². The summed E-state index contributed by atoms with van der Waals surface area (Å²) in [5, 5.41) is 0. The topological polar surface area (TPSA) is 57.4 Å². The number of hydrogen-bond donors (Lipinski definition) is 1. The van der Waals surface area contributed by atoms with E-state index >= 15 is 0 Å². The van der Waals surface area contributed by atoms with Crippen molar-refractivity contribution in [1.29, 1.82) is 0 Å². The molecule has 4 nitrogen and oxygen atoms in total. The Labute approximate surface area is 100 Å². The van der Waals surface area contributed by atoms with Crippen LogP contribution in [0.4, 0.5) is 5.82 Å². The summed E-state index contributed by atoms with van der Waals surface area (Å²) in [6.07, 6.45) is 1.69. The molecule has 88 valence electrons. The first kappa shape index (κ1) is 11.3. The van der Waals surface area contributed by atoms with E-state index in [1.165, 1.54) is 0 Å². The van der Waals surface area contributed by atoms with Gasteiger partial charge in [0.05, 0.1) is 14.2 Å². The number of ether oxygens (including phenoxy) is 2. The standard InChI is InChI=1S/C13H14N2O2/c1-16-11-6-4-3-5-9(11)10-8-15-13(14)7-12(10)17-2/h3-8H,1-2H3,(H2,14,15). The fourth-order valence-electron chi connectivity index (χ4n) is 1.69. The van der Waals surface area contributed by atoms with Crippen molar-refractivity contribution in [2.24, 2.45) is 0 Å². The molecule has 0 aliphatic carbocycles. The number of benzene rings is 1. The van der Waals surface area contributed by atoms with Crippen LogP contribution in [0.5, 0.6) is 11.5 Å². The second-order valence-electron chi connectivity index (χ2n) is 3.51. The van der Waals surface area contributed by atoms with E-state index in [-0.39, 0.29) is 0 Å². The second kappa shape index (κ2) is 4.74. The maximum Gasteiger partial charge on any atom is 0.132 e. The highest BCUT2D eigenvalue weighted by Gasteiger charge is 2.11. The van der Waals surface area contributed by atoms with E-state index in [2.05, 4.69) is 4.98 Å². The molecule has 17 heavy (non-hydrogen) atoms. The van der Waals surface area contributed by atoms with E-state index in [4.69, 9.17) is 15.2 Å². The average Bonchev–Trinajstić information content (AvgIpc) is 2.38. The lowest BCUT2D eigenvalue weighted by Gasteiger charge is -2.12. The van der Waals surface area contributed by atoms with Gasteiger partial charge >= 0.3 is 0 Å². The summed E-state index contributed by atoms with van der Waals surface area (Å²) in [6, 6.07) is 9.40. The van der Waals surface area contributed by atoms with Gasteiger partial charge in [0.15, 0.2) is 0 Å². The summed E-state index contributed by atoms with van der Waals surface area (Å²) in [5.41, 5.74) is 7.42. The van der Waals surface area contributed by atoms with E-state index in [1.54, 1.807) is 26.5 Å². The van der Waals surface area contributed by atoms with E-state index in [0.717, 1.165) is 16.9 Å². The Morgan fingerprint density at radius 1 is 1.00 bits per heavy atom. The van der Waals surface area contributed by atoms with Gasteiger partial charge in [0.2, 0.25) is 0 Å². The molecule has 0 amide bonds. The van der Waals surface area contributed by atoms with Gasteiger partial charge in [-0.05, 0) is 6.07 Å². The molecule has 0 spiro atoms. The Morgan fingerprint density at radius 3 is 2.41 bits per heavy atom. The lowest BCUT2D eigenvalue weighted by Crippen LogP contribution is -1.95. The molecule has 0 unspecified atom stereocenters. The van der Waals surface area contributed by atoms with Gasteiger partial charge in [-0.25, -0.2) is 4.98 Å². The molecule has 0 aliphatic heterocycles. The van der Waals surface area contributed by atoms with Gasteiger partial charge in [0.25, 0.3) is 0 Å². The minimum atomic E-state index is 0.431. The van der Waals surface area contributed by atoms with Crippen LogP contribution in [0.25, 0.3) is 11.1 Å². The number of nitrogens with two attached hydrogens (primary N) is 1. The molecule has 0 bridgehead atoms. The van der Waals surface area contributed by atoms with E-state index in [1.807, 2.05) is 24.3 Å². The van der Waals surface area contributed by atoms with Gasteiger partial charge in [0.1, 0.15) is 17.3 Å². The van der Waals surface area contributed by atoms with Crippen molar-refractivity contribution < 1.29 is 9.47 Å². The van der Waals surface area contributed by atoms with Crippen LogP contribution in [0.2, 0.25) is 0 Å². The first-order chi connectivity index (χ1) is 8.26. The number of methoxy groups -OCH3 is 2. The monoisotopic (exact) mass is 230 g/mol. The third-order valence-electron chi connectivity index (χ3n) is 2.50. The lowest BCUT2D eigenvalue weighted by atomic mass is 10.1. The molecule has 0 radical (unpaired) electrons. The van der Waals surface area contributed by atoms with Gasteiger partial charge in [0, 0.05) is 23.4 Å². The van der Waals surface area contributed by atoms with Crippen LogP contribution in [-0.4, -0.2) is 19.2 Å². The molecule has 2 rings (SSSR count). The number of para-hydroxylation sites is 1. The van der Waals surface area contributed by atoms with Crippen molar-refractivity contribution in [3.63, 3.8) is 0 Å². The predicted octanol–water partition coefficient (Wildman–Crippen LogP) is 2.35. The van der Waals surface area contributed by atoms with E-state index in [9.17, 15) is 0 Å². The molecule has 0 saturated heterocycles. The molecule has 0 saturated carbocycles. The summed E-state index contributed by atoms with van der Waals surface area (Å²) in [6.45, 7) is 0. The Bertz CT molecular complexity index is 527. The molecule has 0 atom stereocenters. The zero-order valence-corrected chi connectivity index (χ0v) is 9.81. The predicted molar refractivity (Wildman–Crippen MR) is 67.2 cm³/mol. The summed E-state index contributed by atoms with van der Waals surface area (Å²) in [7, 11) is 3.24. The summed E-state index contributed by atoms with van der Waals surface area (Å²) < 4.78 is 10.6. The highest BCUT2D eigenvalue weighted by molar-refractivity contribution is 5.76. The maximum absolute atomic E-state index is 5.63. The maximum atomic E-state index is 5.63. The normalized spacial score (nSPS) is 10.0. The number of rotatable bonds is 3. The fraction of sp³-hybridized carbons (Fsp3) is 0.154. The Morgan fingerprint density at radius 2 is 1.71 bits per heavy atom. The molecule has 0 fully saturated rings. The third-order valence-corrected chi connectivity index (χ3v) is 2.50. The number of nitrogen functional groups attached to an aromatic ring is 1. The number of anilines is 1. The van der Waals surface area contributed by atoms with Crippen LogP contribution in [0.1, 0.15) is 0 Å².